The SMILES string of the molecule is CC.CSCC(=O)Nc1cc(C)ccc1C. The maximum atomic E-state index is 11.3. The Hall–Kier alpha value is -0.960. The van der Waals surface area contributed by atoms with Gasteiger partial charge >= 0.3 is 0 Å². The number of carbonyl (C=O) groups is 1. The second-order valence-corrected chi connectivity index (χ2v) is 4.17. The van der Waals surface area contributed by atoms with Crippen molar-refractivity contribution in [1.82, 2.24) is 0 Å². The van der Waals surface area contributed by atoms with E-state index in [0.29, 0.717) is 5.75 Å². The fourth-order valence-corrected chi connectivity index (χ4v) is 1.52. The number of anilines is 1. The maximum absolute atomic E-state index is 11.3. The summed E-state index contributed by atoms with van der Waals surface area (Å²) in [4.78, 5) is 11.3. The smallest absolute Gasteiger partial charge is 0.234 e. The number of rotatable bonds is 3. The molecular formula is C13H21NOS. The van der Waals surface area contributed by atoms with E-state index >= 15 is 0 Å². The van der Waals surface area contributed by atoms with Crippen LogP contribution in [0.2, 0.25) is 0 Å². The summed E-state index contributed by atoms with van der Waals surface area (Å²) in [6.45, 7) is 8.01. The Labute approximate surface area is 103 Å². The molecule has 0 saturated heterocycles. The van der Waals surface area contributed by atoms with Crippen LogP contribution in [0.4, 0.5) is 5.69 Å². The van der Waals surface area contributed by atoms with E-state index in [1.54, 1.807) is 0 Å². The largest absolute Gasteiger partial charge is 0.325 e. The van der Waals surface area contributed by atoms with Gasteiger partial charge in [-0.3, -0.25) is 4.79 Å². The third-order valence-electron chi connectivity index (χ3n) is 1.94. The molecule has 1 aromatic carbocycles. The van der Waals surface area contributed by atoms with E-state index < -0.39 is 0 Å². The first-order chi connectivity index (χ1) is 7.63. The molecule has 1 amide bonds. The quantitative estimate of drug-likeness (QED) is 0.872. The molecule has 2 nitrogen and oxygen atoms in total. The van der Waals surface area contributed by atoms with Gasteiger partial charge in [0, 0.05) is 5.69 Å². The number of nitrogens with one attached hydrogen (secondary N) is 1. The molecule has 3 heteroatoms. The van der Waals surface area contributed by atoms with Crippen LogP contribution >= 0.6 is 11.8 Å². The number of aryl methyl sites for hydroxylation is 2. The summed E-state index contributed by atoms with van der Waals surface area (Å²) in [7, 11) is 0. The molecule has 0 aliphatic rings. The van der Waals surface area contributed by atoms with Gasteiger partial charge in [-0.05, 0) is 37.3 Å². The average molecular weight is 239 g/mol. The molecule has 0 fully saturated rings. The van der Waals surface area contributed by atoms with Crippen LogP contribution < -0.4 is 5.32 Å². The Kier molecular flexibility index (Phi) is 7.73. The van der Waals surface area contributed by atoms with Crippen LogP contribution in [0, 0.1) is 13.8 Å². The van der Waals surface area contributed by atoms with Gasteiger partial charge in [0.05, 0.1) is 5.75 Å². The Morgan fingerprint density at radius 3 is 2.50 bits per heavy atom. The van der Waals surface area contributed by atoms with Crippen molar-refractivity contribution in [3.63, 3.8) is 0 Å². The molecule has 0 atom stereocenters. The first kappa shape index (κ1) is 15.0. The third kappa shape index (κ3) is 5.21. The monoisotopic (exact) mass is 239 g/mol. The molecule has 90 valence electrons. The summed E-state index contributed by atoms with van der Waals surface area (Å²) < 4.78 is 0. The summed E-state index contributed by atoms with van der Waals surface area (Å²) in [6, 6.07) is 6.05. The molecular weight excluding hydrogens is 218 g/mol. The van der Waals surface area contributed by atoms with Crippen LogP contribution in [-0.2, 0) is 4.79 Å². The summed E-state index contributed by atoms with van der Waals surface area (Å²) in [5, 5.41) is 2.89. The minimum Gasteiger partial charge on any atom is -0.325 e. The minimum atomic E-state index is 0.0613. The van der Waals surface area contributed by atoms with Crippen LogP contribution in [0.25, 0.3) is 0 Å². The van der Waals surface area contributed by atoms with E-state index in [4.69, 9.17) is 0 Å². The first-order valence-electron chi connectivity index (χ1n) is 5.49. The molecule has 0 heterocycles. The summed E-state index contributed by atoms with van der Waals surface area (Å²) in [5.41, 5.74) is 3.18. The zero-order chi connectivity index (χ0) is 12.6. The van der Waals surface area contributed by atoms with Crippen molar-refractivity contribution in [2.75, 3.05) is 17.3 Å². The molecule has 0 bridgehead atoms. The molecule has 0 aromatic heterocycles. The second kappa shape index (κ2) is 8.22. The Morgan fingerprint density at radius 1 is 1.31 bits per heavy atom. The van der Waals surface area contributed by atoms with Crippen LogP contribution in [0.1, 0.15) is 25.0 Å². The van der Waals surface area contributed by atoms with E-state index in [0.717, 1.165) is 16.8 Å². The highest BCUT2D eigenvalue weighted by atomic mass is 32.2. The lowest BCUT2D eigenvalue weighted by atomic mass is 10.1. The highest BCUT2D eigenvalue weighted by Gasteiger charge is 2.03. The van der Waals surface area contributed by atoms with Gasteiger partial charge in [-0.1, -0.05) is 26.0 Å². The predicted molar refractivity (Wildman–Crippen MR) is 74.3 cm³/mol. The molecule has 0 aliphatic carbocycles. The van der Waals surface area contributed by atoms with Gasteiger partial charge in [0.15, 0.2) is 0 Å². The van der Waals surface area contributed by atoms with Gasteiger partial charge in [0.2, 0.25) is 5.91 Å². The topological polar surface area (TPSA) is 29.1 Å². The van der Waals surface area contributed by atoms with Crippen molar-refractivity contribution in [3.8, 4) is 0 Å². The zero-order valence-electron chi connectivity index (χ0n) is 10.8. The fraction of sp³-hybridized carbons (Fsp3) is 0.462. The van der Waals surface area contributed by atoms with Crippen molar-refractivity contribution in [2.45, 2.75) is 27.7 Å². The molecule has 1 aromatic rings. The molecule has 0 aliphatic heterocycles. The number of carbonyl (C=O) groups excluding carboxylic acids is 1. The lowest BCUT2D eigenvalue weighted by Gasteiger charge is -2.08. The number of amides is 1. The number of hydrogen-bond acceptors (Lipinski definition) is 2. The molecule has 0 spiro atoms. The normalized spacial score (nSPS) is 9.06. The van der Waals surface area contributed by atoms with E-state index in [1.807, 2.05) is 52.1 Å². The highest BCUT2D eigenvalue weighted by molar-refractivity contribution is 7.99. The van der Waals surface area contributed by atoms with E-state index in [1.165, 1.54) is 11.8 Å². The van der Waals surface area contributed by atoms with Crippen molar-refractivity contribution >= 4 is 23.4 Å². The van der Waals surface area contributed by atoms with Crippen LogP contribution in [0.5, 0.6) is 0 Å². The Bertz CT molecular complexity index is 337. The van der Waals surface area contributed by atoms with Crippen LogP contribution in [0.15, 0.2) is 18.2 Å². The van der Waals surface area contributed by atoms with Gasteiger partial charge in [-0.2, -0.15) is 11.8 Å². The van der Waals surface area contributed by atoms with E-state index in [9.17, 15) is 4.79 Å². The number of benzene rings is 1. The van der Waals surface area contributed by atoms with Gasteiger partial charge in [-0.25, -0.2) is 0 Å². The van der Waals surface area contributed by atoms with Gasteiger partial charge in [0.1, 0.15) is 0 Å². The summed E-state index contributed by atoms with van der Waals surface area (Å²) in [6.07, 6.45) is 1.92. The Balaban J connectivity index is 0.00000106. The second-order valence-electron chi connectivity index (χ2n) is 3.30. The van der Waals surface area contributed by atoms with Crippen molar-refractivity contribution < 1.29 is 4.79 Å². The zero-order valence-corrected chi connectivity index (χ0v) is 11.6. The number of thioether (sulfide) groups is 1. The number of hydrogen-bond donors (Lipinski definition) is 1. The highest BCUT2D eigenvalue weighted by Crippen LogP contribution is 2.16. The molecule has 0 radical (unpaired) electrons. The summed E-state index contributed by atoms with van der Waals surface area (Å²) >= 11 is 1.53. The fourth-order valence-electron chi connectivity index (χ4n) is 1.19. The molecule has 1 N–H and O–H groups in total. The third-order valence-corrected chi connectivity index (χ3v) is 2.49. The Morgan fingerprint density at radius 2 is 1.94 bits per heavy atom. The van der Waals surface area contributed by atoms with Crippen LogP contribution in [-0.4, -0.2) is 17.9 Å². The van der Waals surface area contributed by atoms with Gasteiger partial charge < -0.3 is 5.32 Å². The lowest BCUT2D eigenvalue weighted by molar-refractivity contribution is -0.113. The average Bonchev–Trinajstić information content (AvgIpc) is 2.27. The van der Waals surface area contributed by atoms with Crippen molar-refractivity contribution in [1.29, 1.82) is 0 Å². The molecule has 0 saturated carbocycles. The minimum absolute atomic E-state index is 0.0613. The first-order valence-corrected chi connectivity index (χ1v) is 6.89. The maximum Gasteiger partial charge on any atom is 0.234 e. The molecule has 1 rings (SSSR count). The van der Waals surface area contributed by atoms with Crippen molar-refractivity contribution in [2.24, 2.45) is 0 Å². The summed E-state index contributed by atoms with van der Waals surface area (Å²) in [5.74, 6) is 0.569. The molecule has 0 unspecified atom stereocenters. The standard InChI is InChI=1S/C11H15NOS.C2H6/c1-8-4-5-9(2)10(6-8)12-11(13)7-14-3;1-2/h4-6H,7H2,1-3H3,(H,12,13);1-2H3. The van der Waals surface area contributed by atoms with E-state index in [-0.39, 0.29) is 5.91 Å². The van der Waals surface area contributed by atoms with Crippen LogP contribution in [0.3, 0.4) is 0 Å². The van der Waals surface area contributed by atoms with Crippen molar-refractivity contribution in [3.05, 3.63) is 29.3 Å². The predicted octanol–water partition coefficient (Wildman–Crippen LogP) is 3.63. The van der Waals surface area contributed by atoms with Gasteiger partial charge in [0.25, 0.3) is 0 Å². The van der Waals surface area contributed by atoms with E-state index in [2.05, 4.69) is 5.32 Å². The lowest BCUT2D eigenvalue weighted by Crippen LogP contribution is -2.14. The molecule has 16 heavy (non-hydrogen) atoms. The van der Waals surface area contributed by atoms with Gasteiger partial charge in [-0.15, -0.1) is 0 Å².